The highest BCUT2D eigenvalue weighted by atomic mass is 16.1. The zero-order valence-electron chi connectivity index (χ0n) is 11.9. The molecule has 4 N–H and O–H groups in total. The van der Waals surface area contributed by atoms with E-state index in [0.29, 0.717) is 18.7 Å². The fourth-order valence-electron chi connectivity index (χ4n) is 2.40. The second-order valence-electron chi connectivity index (χ2n) is 5.31. The number of anilines is 3. The first-order valence-electron chi connectivity index (χ1n) is 6.99. The van der Waals surface area contributed by atoms with E-state index in [2.05, 4.69) is 15.6 Å². The Hall–Kier alpha value is -2.56. The lowest BCUT2D eigenvalue weighted by atomic mass is 10.0. The van der Waals surface area contributed by atoms with E-state index in [0.717, 1.165) is 34.6 Å². The maximum Gasteiger partial charge on any atom is 0.224 e. The third-order valence-electron chi connectivity index (χ3n) is 3.63. The second kappa shape index (κ2) is 5.44. The molecule has 5 nitrogen and oxygen atoms in total. The summed E-state index contributed by atoms with van der Waals surface area (Å²) in [5.41, 5.74) is 11.6. The topological polar surface area (TPSA) is 80.0 Å². The molecule has 21 heavy (non-hydrogen) atoms. The molecule has 0 spiro atoms. The van der Waals surface area contributed by atoms with Gasteiger partial charge in [-0.2, -0.15) is 0 Å². The first-order chi connectivity index (χ1) is 10.1. The number of hydrogen-bond acceptors (Lipinski definition) is 4. The molecule has 0 radical (unpaired) electrons. The highest BCUT2D eigenvalue weighted by Crippen LogP contribution is 2.31. The van der Waals surface area contributed by atoms with Crippen molar-refractivity contribution < 1.29 is 4.79 Å². The number of fused-ring (bicyclic) bond motifs is 1. The van der Waals surface area contributed by atoms with Crippen molar-refractivity contribution in [2.45, 2.75) is 26.3 Å². The Bertz CT molecular complexity index is 679. The smallest absolute Gasteiger partial charge is 0.224 e. The molecule has 0 bridgehead atoms. The molecule has 1 aliphatic rings. The number of carbonyl (C=O) groups excluding carboxylic acids is 1. The average Bonchev–Trinajstić information content (AvgIpc) is 2.47. The van der Waals surface area contributed by atoms with E-state index >= 15 is 0 Å². The van der Waals surface area contributed by atoms with Gasteiger partial charge < -0.3 is 16.4 Å². The molecular weight excluding hydrogens is 264 g/mol. The SMILES string of the molecule is Cc1ccc(CNc2cc3c(cc2N)NC(=O)CC3)cn1. The lowest BCUT2D eigenvalue weighted by Crippen LogP contribution is -2.19. The van der Waals surface area contributed by atoms with Crippen molar-refractivity contribution in [1.82, 2.24) is 4.98 Å². The predicted molar refractivity (Wildman–Crippen MR) is 84.1 cm³/mol. The molecule has 2 heterocycles. The summed E-state index contributed by atoms with van der Waals surface area (Å²) in [6, 6.07) is 7.88. The number of nitrogens with one attached hydrogen (secondary N) is 2. The number of hydrogen-bond donors (Lipinski definition) is 3. The van der Waals surface area contributed by atoms with Crippen LogP contribution in [0.2, 0.25) is 0 Å². The number of pyridine rings is 1. The summed E-state index contributed by atoms with van der Waals surface area (Å²) in [7, 11) is 0. The van der Waals surface area contributed by atoms with Crippen molar-refractivity contribution in [2.75, 3.05) is 16.4 Å². The Labute approximate surface area is 123 Å². The minimum Gasteiger partial charge on any atom is -0.397 e. The fraction of sp³-hybridized carbons (Fsp3) is 0.250. The number of aryl methyl sites for hydroxylation is 2. The standard InChI is InChI=1S/C16H18N4O/c1-10-2-3-11(8-18-10)9-19-15-6-12-4-5-16(21)20-14(12)7-13(15)17/h2-3,6-8,19H,4-5,9,17H2,1H3,(H,20,21). The van der Waals surface area contributed by atoms with Gasteiger partial charge in [0.05, 0.1) is 11.4 Å². The van der Waals surface area contributed by atoms with E-state index < -0.39 is 0 Å². The Kier molecular flexibility index (Phi) is 3.48. The maximum atomic E-state index is 11.4. The average molecular weight is 282 g/mol. The number of rotatable bonds is 3. The van der Waals surface area contributed by atoms with Crippen molar-refractivity contribution in [2.24, 2.45) is 0 Å². The molecule has 2 aromatic rings. The molecule has 108 valence electrons. The summed E-state index contributed by atoms with van der Waals surface area (Å²) in [6.45, 7) is 2.63. The maximum absolute atomic E-state index is 11.4. The fourth-order valence-corrected chi connectivity index (χ4v) is 2.40. The van der Waals surface area contributed by atoms with Gasteiger partial charge in [0, 0.05) is 30.5 Å². The molecule has 0 atom stereocenters. The van der Waals surface area contributed by atoms with Crippen LogP contribution >= 0.6 is 0 Å². The normalized spacial score (nSPS) is 13.5. The molecule has 1 aromatic heterocycles. The number of nitrogen functional groups attached to an aromatic ring is 1. The molecule has 0 saturated carbocycles. The van der Waals surface area contributed by atoms with E-state index in [9.17, 15) is 4.79 Å². The van der Waals surface area contributed by atoms with Crippen molar-refractivity contribution in [1.29, 1.82) is 0 Å². The first kappa shape index (κ1) is 13.4. The molecule has 0 saturated heterocycles. The quantitative estimate of drug-likeness (QED) is 0.755. The van der Waals surface area contributed by atoms with Gasteiger partial charge in [0.25, 0.3) is 0 Å². The Balaban J connectivity index is 1.76. The van der Waals surface area contributed by atoms with Gasteiger partial charge in [0.2, 0.25) is 5.91 Å². The molecule has 0 aliphatic carbocycles. The third kappa shape index (κ3) is 2.97. The number of aromatic nitrogens is 1. The van der Waals surface area contributed by atoms with Crippen LogP contribution in [0.5, 0.6) is 0 Å². The molecule has 0 fully saturated rings. The Morgan fingerprint density at radius 3 is 2.95 bits per heavy atom. The van der Waals surface area contributed by atoms with E-state index in [1.165, 1.54) is 0 Å². The zero-order valence-corrected chi connectivity index (χ0v) is 11.9. The second-order valence-corrected chi connectivity index (χ2v) is 5.31. The van der Waals surface area contributed by atoms with Gasteiger partial charge in [-0.1, -0.05) is 6.07 Å². The van der Waals surface area contributed by atoms with Crippen LogP contribution in [0, 0.1) is 6.92 Å². The Morgan fingerprint density at radius 1 is 1.33 bits per heavy atom. The van der Waals surface area contributed by atoms with E-state index in [-0.39, 0.29) is 5.91 Å². The summed E-state index contributed by atoms with van der Waals surface area (Å²) in [6.07, 6.45) is 3.14. The lowest BCUT2D eigenvalue weighted by molar-refractivity contribution is -0.116. The van der Waals surface area contributed by atoms with Crippen molar-refractivity contribution in [3.63, 3.8) is 0 Å². The summed E-state index contributed by atoms with van der Waals surface area (Å²) >= 11 is 0. The van der Waals surface area contributed by atoms with Crippen molar-refractivity contribution >= 4 is 23.0 Å². The summed E-state index contributed by atoms with van der Waals surface area (Å²) in [5.74, 6) is 0.0494. The number of carbonyl (C=O) groups is 1. The monoisotopic (exact) mass is 282 g/mol. The van der Waals surface area contributed by atoms with Crippen LogP contribution < -0.4 is 16.4 Å². The van der Waals surface area contributed by atoms with Gasteiger partial charge in [-0.15, -0.1) is 0 Å². The van der Waals surface area contributed by atoms with Gasteiger partial charge in [-0.25, -0.2) is 0 Å². The van der Waals surface area contributed by atoms with Gasteiger partial charge >= 0.3 is 0 Å². The van der Waals surface area contributed by atoms with Crippen LogP contribution in [0.25, 0.3) is 0 Å². The highest BCUT2D eigenvalue weighted by molar-refractivity contribution is 5.95. The lowest BCUT2D eigenvalue weighted by Gasteiger charge is -2.19. The predicted octanol–water partition coefficient (Wildman–Crippen LogP) is 2.47. The molecular formula is C16H18N4O. The Morgan fingerprint density at radius 2 is 2.19 bits per heavy atom. The first-order valence-corrected chi connectivity index (χ1v) is 6.99. The number of amides is 1. The minimum atomic E-state index is 0.0494. The molecule has 1 aliphatic heterocycles. The highest BCUT2D eigenvalue weighted by Gasteiger charge is 2.16. The summed E-state index contributed by atoms with van der Waals surface area (Å²) in [4.78, 5) is 15.7. The summed E-state index contributed by atoms with van der Waals surface area (Å²) in [5, 5.41) is 6.18. The van der Waals surface area contributed by atoms with Gasteiger partial charge in [-0.05, 0) is 42.7 Å². The van der Waals surface area contributed by atoms with Crippen LogP contribution in [0.3, 0.4) is 0 Å². The summed E-state index contributed by atoms with van der Waals surface area (Å²) < 4.78 is 0. The third-order valence-corrected chi connectivity index (χ3v) is 3.63. The van der Waals surface area contributed by atoms with E-state index in [1.54, 1.807) is 0 Å². The van der Waals surface area contributed by atoms with Crippen LogP contribution in [0.1, 0.15) is 23.2 Å². The molecule has 1 aromatic carbocycles. The van der Waals surface area contributed by atoms with Crippen LogP contribution in [0.15, 0.2) is 30.5 Å². The number of nitrogens with zero attached hydrogens (tertiary/aromatic N) is 1. The van der Waals surface area contributed by atoms with Crippen LogP contribution in [0.4, 0.5) is 17.1 Å². The van der Waals surface area contributed by atoms with E-state index in [1.807, 2.05) is 37.4 Å². The molecule has 3 rings (SSSR count). The number of nitrogens with two attached hydrogens (primary N) is 1. The van der Waals surface area contributed by atoms with Crippen molar-refractivity contribution in [3.05, 3.63) is 47.3 Å². The van der Waals surface area contributed by atoms with Crippen LogP contribution in [-0.4, -0.2) is 10.9 Å². The molecule has 1 amide bonds. The zero-order chi connectivity index (χ0) is 14.8. The molecule has 0 unspecified atom stereocenters. The van der Waals surface area contributed by atoms with Crippen LogP contribution in [-0.2, 0) is 17.8 Å². The van der Waals surface area contributed by atoms with Gasteiger partial charge in [0.1, 0.15) is 0 Å². The van der Waals surface area contributed by atoms with Crippen molar-refractivity contribution in [3.8, 4) is 0 Å². The van der Waals surface area contributed by atoms with Gasteiger partial charge in [-0.3, -0.25) is 9.78 Å². The molecule has 5 heteroatoms. The minimum absolute atomic E-state index is 0.0494. The van der Waals surface area contributed by atoms with Gasteiger partial charge in [0.15, 0.2) is 0 Å². The largest absolute Gasteiger partial charge is 0.397 e. The number of benzene rings is 1. The van der Waals surface area contributed by atoms with E-state index in [4.69, 9.17) is 5.73 Å².